The molecule has 0 amide bonds. The molecule has 1 fully saturated rings. The van der Waals surface area contributed by atoms with Crippen LogP contribution < -0.4 is 15.8 Å². The second-order valence-electron chi connectivity index (χ2n) is 3.61. The normalized spacial score (nSPS) is 18.8. The summed E-state index contributed by atoms with van der Waals surface area (Å²) in [6, 6.07) is 5.56. The molecule has 0 radical (unpaired) electrons. The maximum Gasteiger partial charge on any atom is 0.119 e. The van der Waals surface area contributed by atoms with Gasteiger partial charge in [-0.1, -0.05) is 11.6 Å². The lowest BCUT2D eigenvalue weighted by atomic mass is 9.85. The highest BCUT2D eigenvalue weighted by Gasteiger charge is 2.36. The molecule has 0 unspecified atom stereocenters. The van der Waals surface area contributed by atoms with E-state index in [2.05, 4.69) is 5.32 Å². The van der Waals surface area contributed by atoms with Crippen LogP contribution in [0.4, 0.5) is 0 Å². The predicted molar refractivity (Wildman–Crippen MR) is 56.7 cm³/mol. The summed E-state index contributed by atoms with van der Waals surface area (Å²) in [5.74, 6) is 0.793. The molecule has 1 aromatic rings. The lowest BCUT2D eigenvalue weighted by Gasteiger charge is -2.40. The molecule has 1 saturated heterocycles. The summed E-state index contributed by atoms with van der Waals surface area (Å²) in [6.45, 7) is 1.53. The molecule has 0 bridgehead atoms. The Morgan fingerprint density at radius 1 is 1.50 bits per heavy atom. The monoisotopic (exact) mass is 212 g/mol. The largest absolute Gasteiger partial charge is 0.497 e. The second-order valence-corrected chi connectivity index (χ2v) is 4.01. The molecule has 3 N–H and O–H groups in total. The van der Waals surface area contributed by atoms with Gasteiger partial charge in [0.1, 0.15) is 5.75 Å². The average Bonchev–Trinajstić information content (AvgIpc) is 2.15. The lowest BCUT2D eigenvalue weighted by Crippen LogP contribution is -2.62. The fourth-order valence-corrected chi connectivity index (χ4v) is 1.90. The molecular weight excluding hydrogens is 200 g/mol. The predicted octanol–water partition coefficient (Wildman–Crippen LogP) is 1.11. The van der Waals surface area contributed by atoms with E-state index in [9.17, 15) is 0 Å². The Labute approximate surface area is 88.2 Å². The number of rotatable bonds is 2. The van der Waals surface area contributed by atoms with Gasteiger partial charge in [0.15, 0.2) is 0 Å². The van der Waals surface area contributed by atoms with Gasteiger partial charge in [0.05, 0.1) is 12.6 Å². The van der Waals surface area contributed by atoms with Gasteiger partial charge in [-0.25, -0.2) is 0 Å². The number of nitrogens with two attached hydrogens (primary N) is 1. The van der Waals surface area contributed by atoms with Crippen molar-refractivity contribution in [2.24, 2.45) is 5.73 Å². The smallest absolute Gasteiger partial charge is 0.119 e. The Hall–Kier alpha value is -0.770. The van der Waals surface area contributed by atoms with Crippen molar-refractivity contribution in [3.05, 3.63) is 28.8 Å². The van der Waals surface area contributed by atoms with E-state index in [4.69, 9.17) is 22.1 Å². The first-order chi connectivity index (χ1) is 6.65. The maximum absolute atomic E-state index is 6.15. The third-order valence-electron chi connectivity index (χ3n) is 2.59. The van der Waals surface area contributed by atoms with Crippen molar-refractivity contribution in [1.82, 2.24) is 5.32 Å². The molecule has 1 aliphatic heterocycles. The number of ether oxygens (including phenoxy) is 1. The summed E-state index contributed by atoms with van der Waals surface area (Å²) >= 11 is 6.09. The standard InChI is InChI=1S/C10H13ClN2O/c1-14-7-2-3-9(11)8(4-7)10(12)5-13-6-10/h2-4,13H,5-6,12H2,1H3. The van der Waals surface area contributed by atoms with Crippen molar-refractivity contribution in [1.29, 1.82) is 0 Å². The molecule has 2 rings (SSSR count). The molecule has 0 saturated carbocycles. The van der Waals surface area contributed by atoms with Crippen molar-refractivity contribution >= 4 is 11.6 Å². The lowest BCUT2D eigenvalue weighted by molar-refractivity contribution is 0.286. The number of benzene rings is 1. The van der Waals surface area contributed by atoms with Gasteiger partial charge in [-0.15, -0.1) is 0 Å². The molecule has 1 heterocycles. The third kappa shape index (κ3) is 1.47. The molecule has 1 aliphatic rings. The zero-order valence-corrected chi connectivity index (χ0v) is 8.77. The van der Waals surface area contributed by atoms with E-state index >= 15 is 0 Å². The molecule has 3 nitrogen and oxygen atoms in total. The maximum atomic E-state index is 6.15. The van der Waals surface area contributed by atoms with Gasteiger partial charge < -0.3 is 15.8 Å². The van der Waals surface area contributed by atoms with E-state index in [1.54, 1.807) is 7.11 Å². The fraction of sp³-hybridized carbons (Fsp3) is 0.400. The van der Waals surface area contributed by atoms with Crippen molar-refractivity contribution in [3.63, 3.8) is 0 Å². The Balaban J connectivity index is 2.40. The van der Waals surface area contributed by atoms with Gasteiger partial charge in [-0.05, 0) is 23.8 Å². The summed E-state index contributed by atoms with van der Waals surface area (Å²) in [5, 5.41) is 3.84. The number of methoxy groups -OCH3 is 1. The molecular formula is C10H13ClN2O. The Morgan fingerprint density at radius 2 is 2.21 bits per heavy atom. The third-order valence-corrected chi connectivity index (χ3v) is 2.92. The van der Waals surface area contributed by atoms with Crippen LogP contribution in [0.5, 0.6) is 5.75 Å². The number of halogens is 1. The van der Waals surface area contributed by atoms with Crippen LogP contribution in [0.15, 0.2) is 18.2 Å². The summed E-state index contributed by atoms with van der Waals surface area (Å²) in [5.41, 5.74) is 6.77. The van der Waals surface area contributed by atoms with Crippen molar-refractivity contribution in [2.45, 2.75) is 5.54 Å². The highest BCUT2D eigenvalue weighted by Crippen LogP contribution is 2.32. The first kappa shape index (κ1) is 9.77. The fourth-order valence-electron chi connectivity index (χ4n) is 1.60. The molecule has 0 aliphatic carbocycles. The highest BCUT2D eigenvalue weighted by atomic mass is 35.5. The molecule has 0 spiro atoms. The molecule has 1 aromatic carbocycles. The van der Waals surface area contributed by atoms with E-state index in [0.29, 0.717) is 5.02 Å². The minimum Gasteiger partial charge on any atom is -0.497 e. The van der Waals surface area contributed by atoms with Gasteiger partial charge in [0.25, 0.3) is 0 Å². The highest BCUT2D eigenvalue weighted by molar-refractivity contribution is 6.31. The van der Waals surface area contributed by atoms with E-state index in [1.165, 1.54) is 0 Å². The van der Waals surface area contributed by atoms with Crippen molar-refractivity contribution < 1.29 is 4.74 Å². The van der Waals surface area contributed by atoms with Gasteiger partial charge in [0, 0.05) is 18.1 Å². The first-order valence-electron chi connectivity index (χ1n) is 4.49. The number of hydrogen-bond acceptors (Lipinski definition) is 3. The molecule has 14 heavy (non-hydrogen) atoms. The summed E-state index contributed by atoms with van der Waals surface area (Å²) < 4.78 is 5.14. The van der Waals surface area contributed by atoms with Crippen LogP contribution >= 0.6 is 11.6 Å². The molecule has 0 atom stereocenters. The average molecular weight is 213 g/mol. The first-order valence-corrected chi connectivity index (χ1v) is 4.87. The van der Waals surface area contributed by atoms with Crippen molar-refractivity contribution in [3.8, 4) is 5.75 Å². The van der Waals surface area contributed by atoms with E-state index in [-0.39, 0.29) is 5.54 Å². The summed E-state index contributed by atoms with van der Waals surface area (Å²) in [4.78, 5) is 0. The van der Waals surface area contributed by atoms with E-state index < -0.39 is 0 Å². The zero-order valence-electron chi connectivity index (χ0n) is 8.01. The van der Waals surface area contributed by atoms with Crippen LogP contribution in [0.1, 0.15) is 5.56 Å². The summed E-state index contributed by atoms with van der Waals surface area (Å²) in [6.07, 6.45) is 0. The number of nitrogens with one attached hydrogen (secondary N) is 1. The minimum atomic E-state index is -0.328. The van der Waals surface area contributed by atoms with Crippen LogP contribution in [-0.2, 0) is 5.54 Å². The molecule has 76 valence electrons. The van der Waals surface area contributed by atoms with Crippen LogP contribution in [0.25, 0.3) is 0 Å². The molecule has 0 aromatic heterocycles. The topological polar surface area (TPSA) is 47.3 Å². The van der Waals surface area contributed by atoms with Crippen molar-refractivity contribution in [2.75, 3.05) is 20.2 Å². The van der Waals surface area contributed by atoms with Crippen LogP contribution in [0, 0.1) is 0 Å². The number of hydrogen-bond donors (Lipinski definition) is 2. The zero-order chi connectivity index (χ0) is 10.2. The quantitative estimate of drug-likeness (QED) is 0.772. The molecule has 4 heteroatoms. The second kappa shape index (κ2) is 3.42. The van der Waals surface area contributed by atoms with Crippen LogP contribution in [-0.4, -0.2) is 20.2 Å². The van der Waals surface area contributed by atoms with Gasteiger partial charge in [0.2, 0.25) is 0 Å². The SMILES string of the molecule is COc1ccc(Cl)c(C2(N)CNC2)c1. The van der Waals surface area contributed by atoms with Gasteiger partial charge >= 0.3 is 0 Å². The minimum absolute atomic E-state index is 0.328. The Kier molecular flexibility index (Phi) is 2.39. The Morgan fingerprint density at radius 3 is 2.71 bits per heavy atom. The summed E-state index contributed by atoms with van der Waals surface area (Å²) in [7, 11) is 1.63. The van der Waals surface area contributed by atoms with Crippen LogP contribution in [0.3, 0.4) is 0 Å². The van der Waals surface area contributed by atoms with E-state index in [0.717, 1.165) is 24.4 Å². The van der Waals surface area contributed by atoms with E-state index in [1.807, 2.05) is 18.2 Å². The van der Waals surface area contributed by atoms with Gasteiger partial charge in [-0.2, -0.15) is 0 Å². The van der Waals surface area contributed by atoms with Gasteiger partial charge in [-0.3, -0.25) is 0 Å². The Bertz CT molecular complexity index is 350. The van der Waals surface area contributed by atoms with Crippen LogP contribution in [0.2, 0.25) is 5.02 Å².